The first kappa shape index (κ1) is 10.9. The molecule has 76 valence electrons. The predicted molar refractivity (Wildman–Crippen MR) is 56.4 cm³/mol. The topological polar surface area (TPSA) is 26.3 Å². The van der Waals surface area contributed by atoms with Crippen molar-refractivity contribution in [1.29, 1.82) is 0 Å². The van der Waals surface area contributed by atoms with Crippen LogP contribution >= 0.6 is 0 Å². The van der Waals surface area contributed by atoms with Gasteiger partial charge in [-0.3, -0.25) is 4.79 Å². The average Bonchev–Trinajstić information content (AvgIpc) is 2.19. The highest BCUT2D eigenvalue weighted by molar-refractivity contribution is 5.96. The number of ketones is 1. The largest absolute Gasteiger partial charge is 0.384 e. The predicted octanol–water partition coefficient (Wildman–Crippen LogP) is 2.54. The fourth-order valence-electron chi connectivity index (χ4n) is 1.40. The molecular weight excluding hydrogens is 176 g/mol. The Balaban J connectivity index is 2.51. The maximum absolute atomic E-state index is 11.7. The van der Waals surface area contributed by atoms with Crippen molar-refractivity contribution >= 4 is 5.78 Å². The lowest BCUT2D eigenvalue weighted by Crippen LogP contribution is -2.10. The van der Waals surface area contributed by atoms with Crippen LogP contribution in [0.15, 0.2) is 30.3 Å². The van der Waals surface area contributed by atoms with Crippen molar-refractivity contribution in [2.45, 2.75) is 13.3 Å². The van der Waals surface area contributed by atoms with Crippen LogP contribution in [0.1, 0.15) is 23.7 Å². The van der Waals surface area contributed by atoms with Crippen LogP contribution in [-0.2, 0) is 4.74 Å². The van der Waals surface area contributed by atoms with Crippen molar-refractivity contribution in [2.24, 2.45) is 5.92 Å². The van der Waals surface area contributed by atoms with E-state index in [1.54, 1.807) is 7.11 Å². The Morgan fingerprint density at radius 1 is 1.36 bits per heavy atom. The van der Waals surface area contributed by atoms with E-state index in [2.05, 4.69) is 0 Å². The number of carbonyl (C=O) groups is 1. The summed E-state index contributed by atoms with van der Waals surface area (Å²) < 4.78 is 4.99. The first-order chi connectivity index (χ1) is 6.74. The summed E-state index contributed by atoms with van der Waals surface area (Å²) >= 11 is 0. The molecule has 0 spiro atoms. The fraction of sp³-hybridized carbons (Fsp3) is 0.417. The molecule has 0 aliphatic rings. The number of hydrogen-bond acceptors (Lipinski definition) is 2. The molecule has 0 saturated heterocycles. The summed E-state index contributed by atoms with van der Waals surface area (Å²) in [6.45, 7) is 2.66. The van der Waals surface area contributed by atoms with Gasteiger partial charge in [-0.2, -0.15) is 0 Å². The maximum Gasteiger partial charge on any atom is 0.163 e. The SMILES string of the molecule is COC[C@H](C)CC(=O)c1ccccc1. The van der Waals surface area contributed by atoms with E-state index in [-0.39, 0.29) is 11.7 Å². The quantitative estimate of drug-likeness (QED) is 0.670. The molecule has 1 aromatic rings. The van der Waals surface area contributed by atoms with E-state index >= 15 is 0 Å². The van der Waals surface area contributed by atoms with Crippen molar-refractivity contribution in [2.75, 3.05) is 13.7 Å². The molecule has 0 bridgehead atoms. The summed E-state index contributed by atoms with van der Waals surface area (Å²) in [6, 6.07) is 9.38. The van der Waals surface area contributed by atoms with Gasteiger partial charge in [0.15, 0.2) is 5.78 Å². The molecule has 0 radical (unpaired) electrons. The molecule has 14 heavy (non-hydrogen) atoms. The number of methoxy groups -OCH3 is 1. The summed E-state index contributed by atoms with van der Waals surface area (Å²) in [6.07, 6.45) is 0.553. The summed E-state index contributed by atoms with van der Waals surface area (Å²) in [5.41, 5.74) is 0.787. The molecule has 1 aromatic carbocycles. The van der Waals surface area contributed by atoms with E-state index in [9.17, 15) is 4.79 Å². The molecule has 1 atom stereocenters. The number of ether oxygens (including phenoxy) is 1. The molecule has 0 aliphatic carbocycles. The molecule has 0 heterocycles. The number of Topliss-reactive ketones (excluding diaryl/α,β-unsaturated/α-hetero) is 1. The first-order valence-electron chi connectivity index (χ1n) is 4.81. The number of benzene rings is 1. The van der Waals surface area contributed by atoms with Gasteiger partial charge in [0.2, 0.25) is 0 Å². The van der Waals surface area contributed by atoms with Crippen molar-refractivity contribution in [3.63, 3.8) is 0 Å². The zero-order chi connectivity index (χ0) is 10.4. The van der Waals surface area contributed by atoms with Crippen LogP contribution in [0.5, 0.6) is 0 Å². The van der Waals surface area contributed by atoms with Crippen LogP contribution in [0.4, 0.5) is 0 Å². The smallest absolute Gasteiger partial charge is 0.163 e. The second-order valence-electron chi connectivity index (χ2n) is 3.55. The van der Waals surface area contributed by atoms with Gasteiger partial charge in [-0.1, -0.05) is 37.3 Å². The van der Waals surface area contributed by atoms with Gasteiger partial charge < -0.3 is 4.74 Å². The minimum absolute atomic E-state index is 0.190. The van der Waals surface area contributed by atoms with E-state index in [4.69, 9.17) is 4.74 Å². The average molecular weight is 192 g/mol. The van der Waals surface area contributed by atoms with Crippen molar-refractivity contribution < 1.29 is 9.53 Å². The van der Waals surface area contributed by atoms with Gasteiger partial charge in [0.1, 0.15) is 0 Å². The Morgan fingerprint density at radius 2 is 2.00 bits per heavy atom. The van der Waals surface area contributed by atoms with E-state index in [0.29, 0.717) is 13.0 Å². The second-order valence-corrected chi connectivity index (χ2v) is 3.55. The van der Waals surface area contributed by atoms with Gasteiger partial charge in [-0.15, -0.1) is 0 Å². The van der Waals surface area contributed by atoms with Crippen LogP contribution in [0.25, 0.3) is 0 Å². The number of hydrogen-bond donors (Lipinski definition) is 0. The molecule has 0 N–H and O–H groups in total. The van der Waals surface area contributed by atoms with Crippen LogP contribution in [0.2, 0.25) is 0 Å². The third kappa shape index (κ3) is 3.30. The molecule has 2 nitrogen and oxygen atoms in total. The molecule has 0 fully saturated rings. The van der Waals surface area contributed by atoms with E-state index < -0.39 is 0 Å². The van der Waals surface area contributed by atoms with Crippen molar-refractivity contribution in [3.05, 3.63) is 35.9 Å². The highest BCUT2D eigenvalue weighted by Crippen LogP contribution is 2.09. The van der Waals surface area contributed by atoms with Gasteiger partial charge in [0.25, 0.3) is 0 Å². The van der Waals surface area contributed by atoms with Gasteiger partial charge >= 0.3 is 0 Å². The van der Waals surface area contributed by atoms with Crippen molar-refractivity contribution in [1.82, 2.24) is 0 Å². The van der Waals surface area contributed by atoms with E-state index in [1.807, 2.05) is 37.3 Å². The lowest BCUT2D eigenvalue weighted by molar-refractivity contribution is 0.0920. The van der Waals surface area contributed by atoms with E-state index in [0.717, 1.165) is 5.56 Å². The molecule has 0 unspecified atom stereocenters. The summed E-state index contributed by atoms with van der Waals surface area (Å²) in [4.78, 5) is 11.7. The Kier molecular flexibility index (Phi) is 4.33. The highest BCUT2D eigenvalue weighted by atomic mass is 16.5. The molecule has 0 saturated carbocycles. The molecule has 0 amide bonds. The zero-order valence-corrected chi connectivity index (χ0v) is 8.69. The van der Waals surface area contributed by atoms with Gasteiger partial charge in [0.05, 0.1) is 0 Å². The lowest BCUT2D eigenvalue weighted by atomic mass is 10.0. The molecule has 0 aliphatic heterocycles. The van der Waals surface area contributed by atoms with Gasteiger partial charge in [-0.25, -0.2) is 0 Å². The van der Waals surface area contributed by atoms with Gasteiger partial charge in [0, 0.05) is 25.7 Å². The molecular formula is C12H16O2. The number of rotatable bonds is 5. The highest BCUT2D eigenvalue weighted by Gasteiger charge is 2.10. The maximum atomic E-state index is 11.7. The van der Waals surface area contributed by atoms with Crippen LogP contribution < -0.4 is 0 Å². The van der Waals surface area contributed by atoms with Gasteiger partial charge in [-0.05, 0) is 5.92 Å². The Hall–Kier alpha value is -1.15. The Morgan fingerprint density at radius 3 is 2.57 bits per heavy atom. The minimum atomic E-state index is 0.190. The van der Waals surface area contributed by atoms with Crippen LogP contribution in [0.3, 0.4) is 0 Å². The zero-order valence-electron chi connectivity index (χ0n) is 8.69. The van der Waals surface area contributed by atoms with Crippen molar-refractivity contribution in [3.8, 4) is 0 Å². The fourth-order valence-corrected chi connectivity index (χ4v) is 1.40. The minimum Gasteiger partial charge on any atom is -0.384 e. The molecule has 2 heteroatoms. The Labute approximate surface area is 84.9 Å². The van der Waals surface area contributed by atoms with Crippen LogP contribution in [0, 0.1) is 5.92 Å². The second kappa shape index (κ2) is 5.55. The summed E-state index contributed by atoms with van der Waals surface area (Å²) in [5, 5.41) is 0. The normalized spacial score (nSPS) is 12.4. The van der Waals surface area contributed by atoms with E-state index in [1.165, 1.54) is 0 Å². The standard InChI is InChI=1S/C12H16O2/c1-10(9-14-2)8-12(13)11-6-4-3-5-7-11/h3-7,10H,8-9H2,1-2H3/t10-/m1/s1. The summed E-state index contributed by atoms with van der Waals surface area (Å²) in [5.74, 6) is 0.475. The summed E-state index contributed by atoms with van der Waals surface area (Å²) in [7, 11) is 1.66. The monoisotopic (exact) mass is 192 g/mol. The molecule has 0 aromatic heterocycles. The third-order valence-electron chi connectivity index (χ3n) is 2.08. The molecule has 1 rings (SSSR count). The third-order valence-corrected chi connectivity index (χ3v) is 2.08. The first-order valence-corrected chi connectivity index (χ1v) is 4.81. The van der Waals surface area contributed by atoms with Crippen LogP contribution in [-0.4, -0.2) is 19.5 Å². The lowest BCUT2D eigenvalue weighted by Gasteiger charge is -2.08. The Bertz CT molecular complexity index is 280. The number of carbonyl (C=O) groups excluding carboxylic acids is 1.